The maximum absolute atomic E-state index is 5.13. The van der Waals surface area contributed by atoms with Gasteiger partial charge in [0.25, 0.3) is 0 Å². The Balaban J connectivity index is 1.70. The lowest BCUT2D eigenvalue weighted by molar-refractivity contribution is 0.150. The summed E-state index contributed by atoms with van der Waals surface area (Å²) in [4.78, 5) is 6.73. The predicted octanol–water partition coefficient (Wildman–Crippen LogP) is 4.18. The van der Waals surface area contributed by atoms with Crippen molar-refractivity contribution in [2.45, 2.75) is 82.7 Å². The summed E-state index contributed by atoms with van der Waals surface area (Å²) in [5.41, 5.74) is 1.65. The Kier molecular flexibility index (Phi) is 3.38. The first-order valence-corrected chi connectivity index (χ1v) is 9.36. The van der Waals surface area contributed by atoms with E-state index in [0.29, 0.717) is 0 Å². The molecule has 0 aromatic carbocycles. The maximum Gasteiger partial charge on any atom is 0.114 e. The Morgan fingerprint density at radius 2 is 1.95 bits per heavy atom. The molecule has 2 fully saturated rings. The van der Waals surface area contributed by atoms with Gasteiger partial charge in [0.1, 0.15) is 5.01 Å². The van der Waals surface area contributed by atoms with E-state index >= 15 is 0 Å². The summed E-state index contributed by atoms with van der Waals surface area (Å²) in [6.45, 7) is 2.45. The second kappa shape index (κ2) is 5.10. The molecule has 2 nitrogen and oxygen atoms in total. The number of nitrogens with zero attached hydrogens (tertiary/aromatic N) is 1. The molecule has 0 aliphatic heterocycles. The SMILES string of the molecule is CC1CCCCC1(NC1CC1)c1nc2c(s1)CCCC2. The molecule has 0 saturated heterocycles. The van der Waals surface area contributed by atoms with Crippen LogP contribution in [0.1, 0.15) is 73.9 Å². The van der Waals surface area contributed by atoms with Crippen LogP contribution in [0.5, 0.6) is 0 Å². The summed E-state index contributed by atoms with van der Waals surface area (Å²) in [5, 5.41) is 5.46. The first kappa shape index (κ1) is 13.3. The highest BCUT2D eigenvalue weighted by Crippen LogP contribution is 2.46. The van der Waals surface area contributed by atoms with E-state index in [0.717, 1.165) is 12.0 Å². The first-order chi connectivity index (χ1) is 9.78. The molecule has 0 amide bonds. The molecule has 0 spiro atoms. The number of fused-ring (bicyclic) bond motifs is 1. The minimum Gasteiger partial charge on any atom is -0.302 e. The monoisotopic (exact) mass is 290 g/mol. The third kappa shape index (κ3) is 2.23. The standard InChI is InChI=1S/C17H26N2S/c1-12-6-4-5-11-17(12,19-13-9-10-13)16-18-14-7-2-3-8-15(14)20-16/h12-13,19H,2-11H2,1H3. The lowest BCUT2D eigenvalue weighted by atomic mass is 9.73. The molecule has 110 valence electrons. The van der Waals surface area contributed by atoms with Gasteiger partial charge in [-0.3, -0.25) is 0 Å². The second-order valence-corrected chi connectivity index (χ2v) is 8.22. The van der Waals surface area contributed by atoms with Gasteiger partial charge in [0, 0.05) is 10.9 Å². The zero-order valence-corrected chi connectivity index (χ0v) is 13.4. The van der Waals surface area contributed by atoms with Crippen LogP contribution < -0.4 is 5.32 Å². The van der Waals surface area contributed by atoms with Gasteiger partial charge in [0.05, 0.1) is 11.2 Å². The number of thiazole rings is 1. The van der Waals surface area contributed by atoms with Crippen molar-refractivity contribution in [1.82, 2.24) is 10.3 Å². The van der Waals surface area contributed by atoms with Crippen molar-refractivity contribution >= 4 is 11.3 Å². The number of hydrogen-bond acceptors (Lipinski definition) is 3. The van der Waals surface area contributed by atoms with Crippen molar-refractivity contribution in [3.05, 3.63) is 15.6 Å². The van der Waals surface area contributed by atoms with Gasteiger partial charge < -0.3 is 5.32 Å². The van der Waals surface area contributed by atoms with Crippen LogP contribution in [0.2, 0.25) is 0 Å². The molecular formula is C17H26N2S. The Labute approximate surface area is 126 Å². The number of hydrogen-bond donors (Lipinski definition) is 1. The smallest absolute Gasteiger partial charge is 0.114 e. The fourth-order valence-electron chi connectivity index (χ4n) is 4.08. The fourth-order valence-corrected chi connectivity index (χ4v) is 5.52. The zero-order valence-electron chi connectivity index (χ0n) is 12.6. The maximum atomic E-state index is 5.13. The molecule has 1 N–H and O–H groups in total. The molecule has 2 atom stereocenters. The molecule has 3 heteroatoms. The van der Waals surface area contributed by atoms with Gasteiger partial charge in [0.2, 0.25) is 0 Å². The van der Waals surface area contributed by atoms with Gasteiger partial charge in [-0.15, -0.1) is 11.3 Å². The number of aromatic nitrogens is 1. The van der Waals surface area contributed by atoms with E-state index < -0.39 is 0 Å². The highest BCUT2D eigenvalue weighted by atomic mass is 32.1. The van der Waals surface area contributed by atoms with E-state index in [4.69, 9.17) is 4.98 Å². The van der Waals surface area contributed by atoms with E-state index in [2.05, 4.69) is 12.2 Å². The summed E-state index contributed by atoms with van der Waals surface area (Å²) in [5.74, 6) is 0.740. The summed E-state index contributed by atoms with van der Waals surface area (Å²) in [6, 6.07) is 0.775. The number of nitrogens with one attached hydrogen (secondary N) is 1. The van der Waals surface area contributed by atoms with Gasteiger partial charge in [-0.25, -0.2) is 4.98 Å². The summed E-state index contributed by atoms with van der Waals surface area (Å²) in [7, 11) is 0. The zero-order chi connectivity index (χ0) is 13.6. The first-order valence-electron chi connectivity index (χ1n) is 8.55. The van der Waals surface area contributed by atoms with Gasteiger partial charge in [0.15, 0.2) is 0 Å². The van der Waals surface area contributed by atoms with Gasteiger partial charge in [-0.1, -0.05) is 19.8 Å². The minimum absolute atomic E-state index is 0.210. The quantitative estimate of drug-likeness (QED) is 0.903. The van der Waals surface area contributed by atoms with Gasteiger partial charge in [-0.05, 0) is 57.3 Å². The van der Waals surface area contributed by atoms with Crippen molar-refractivity contribution in [1.29, 1.82) is 0 Å². The normalized spacial score (nSPS) is 34.0. The summed E-state index contributed by atoms with van der Waals surface area (Å²) >= 11 is 2.04. The van der Waals surface area contributed by atoms with E-state index in [-0.39, 0.29) is 5.54 Å². The van der Waals surface area contributed by atoms with E-state index in [1.807, 2.05) is 11.3 Å². The molecule has 1 aromatic heterocycles. The van der Waals surface area contributed by atoms with Crippen LogP contribution in [0, 0.1) is 5.92 Å². The van der Waals surface area contributed by atoms with Crippen LogP contribution in [0.4, 0.5) is 0 Å². The minimum atomic E-state index is 0.210. The summed E-state index contributed by atoms with van der Waals surface area (Å²) < 4.78 is 0. The largest absolute Gasteiger partial charge is 0.302 e. The molecular weight excluding hydrogens is 264 g/mol. The fraction of sp³-hybridized carbons (Fsp3) is 0.824. The lowest BCUT2D eigenvalue weighted by Crippen LogP contribution is -2.50. The van der Waals surface area contributed by atoms with Crippen LogP contribution in [0.15, 0.2) is 0 Å². The van der Waals surface area contributed by atoms with Crippen molar-refractivity contribution in [3.63, 3.8) is 0 Å². The molecule has 4 rings (SSSR count). The highest BCUT2D eigenvalue weighted by Gasteiger charge is 2.45. The van der Waals surface area contributed by atoms with Gasteiger partial charge in [-0.2, -0.15) is 0 Å². The molecule has 0 radical (unpaired) electrons. The van der Waals surface area contributed by atoms with Crippen LogP contribution in [-0.4, -0.2) is 11.0 Å². The van der Waals surface area contributed by atoms with E-state index in [1.165, 1.54) is 74.9 Å². The van der Waals surface area contributed by atoms with Gasteiger partial charge >= 0.3 is 0 Å². The highest BCUT2D eigenvalue weighted by molar-refractivity contribution is 7.11. The molecule has 20 heavy (non-hydrogen) atoms. The van der Waals surface area contributed by atoms with Crippen LogP contribution in [0.25, 0.3) is 0 Å². The third-order valence-corrected chi connectivity index (χ3v) is 6.90. The Hall–Kier alpha value is -0.410. The van der Waals surface area contributed by atoms with Crippen LogP contribution in [0.3, 0.4) is 0 Å². The van der Waals surface area contributed by atoms with Crippen LogP contribution in [-0.2, 0) is 18.4 Å². The molecule has 3 aliphatic carbocycles. The van der Waals surface area contributed by atoms with Crippen molar-refractivity contribution in [2.24, 2.45) is 5.92 Å². The Bertz CT molecular complexity index is 468. The molecule has 3 aliphatic rings. The lowest BCUT2D eigenvalue weighted by Gasteiger charge is -2.42. The molecule has 1 heterocycles. The number of rotatable bonds is 3. The topological polar surface area (TPSA) is 24.9 Å². The van der Waals surface area contributed by atoms with E-state index in [1.54, 1.807) is 4.88 Å². The van der Waals surface area contributed by atoms with Crippen molar-refractivity contribution < 1.29 is 0 Å². The second-order valence-electron chi connectivity index (χ2n) is 7.13. The average Bonchev–Trinajstić information content (AvgIpc) is 3.16. The number of aryl methyl sites for hydroxylation is 2. The molecule has 2 saturated carbocycles. The Morgan fingerprint density at radius 1 is 1.10 bits per heavy atom. The molecule has 0 bridgehead atoms. The molecule has 2 unspecified atom stereocenters. The predicted molar refractivity (Wildman–Crippen MR) is 84.2 cm³/mol. The Morgan fingerprint density at radius 3 is 2.70 bits per heavy atom. The van der Waals surface area contributed by atoms with Crippen LogP contribution >= 0.6 is 11.3 Å². The third-order valence-electron chi connectivity index (χ3n) is 5.57. The summed E-state index contributed by atoms with van der Waals surface area (Å²) in [6.07, 6.45) is 13.4. The average molecular weight is 290 g/mol. The molecule has 1 aromatic rings. The van der Waals surface area contributed by atoms with Crippen molar-refractivity contribution in [2.75, 3.05) is 0 Å². The van der Waals surface area contributed by atoms with Crippen molar-refractivity contribution in [3.8, 4) is 0 Å². The van der Waals surface area contributed by atoms with E-state index in [9.17, 15) is 0 Å².